The predicted molar refractivity (Wildman–Crippen MR) is 108 cm³/mol. The van der Waals surface area contributed by atoms with Crippen LogP contribution in [-0.4, -0.2) is 29.2 Å². The van der Waals surface area contributed by atoms with Crippen LogP contribution in [-0.2, 0) is 11.3 Å². The van der Waals surface area contributed by atoms with Gasteiger partial charge in [-0.3, -0.25) is 15.0 Å². The molecule has 2 rings (SSSR count). The third-order valence-corrected chi connectivity index (χ3v) is 3.98. The summed E-state index contributed by atoms with van der Waals surface area (Å²) < 4.78 is 5.13. The van der Waals surface area contributed by atoms with E-state index >= 15 is 0 Å². The molecule has 0 fully saturated rings. The number of hydrogen-bond acceptors (Lipinski definition) is 7. The van der Waals surface area contributed by atoms with Crippen LogP contribution < -0.4 is 16.0 Å². The number of rotatable bonds is 9. The largest absolute Gasteiger partial charge is 0.449 e. The molecule has 0 aliphatic heterocycles. The predicted octanol–water partition coefficient (Wildman–Crippen LogP) is 3.95. The number of nitro groups is 1. The number of nitrogens with one attached hydrogen (secondary N) is 1. The Kier molecular flexibility index (Phi) is 7.55. The van der Waals surface area contributed by atoms with Crippen LogP contribution in [0.25, 0.3) is 0 Å². The fraction of sp³-hybridized carbons (Fsp3) is 0.368. The summed E-state index contributed by atoms with van der Waals surface area (Å²) in [5, 5.41) is 14.7. The number of carbonyl (C=O) groups excluding carboxylic acids is 1. The van der Waals surface area contributed by atoms with Crippen molar-refractivity contribution in [2.75, 3.05) is 29.1 Å². The molecule has 0 spiro atoms. The molecule has 1 aromatic heterocycles. The minimum atomic E-state index is -0.695. The number of nitrogens with two attached hydrogens (primary N) is 1. The van der Waals surface area contributed by atoms with Gasteiger partial charge in [0.05, 0.1) is 18.1 Å². The summed E-state index contributed by atoms with van der Waals surface area (Å²) in [7, 11) is 0. The Bertz CT molecular complexity index is 813. The maximum Gasteiger partial charge on any atom is 0.414 e. The number of nitrogen functional groups attached to an aromatic ring is 1. The standard InChI is InChI=1S/C19H25N5O4/c1-3-5-11-21-16-12-15(17(24(26)27)18(20)22-16)23(19(25)28-4-2)13-14-9-7-6-8-10-14/h6-10,12H,3-5,11,13H2,1-2H3,(H3,20,21,22). The molecule has 3 N–H and O–H groups in total. The van der Waals surface area contributed by atoms with E-state index in [2.05, 4.69) is 10.3 Å². The lowest BCUT2D eigenvalue weighted by Crippen LogP contribution is -2.32. The van der Waals surface area contributed by atoms with Gasteiger partial charge in [0.25, 0.3) is 0 Å². The highest BCUT2D eigenvalue weighted by Gasteiger charge is 2.30. The molecule has 0 radical (unpaired) electrons. The Morgan fingerprint density at radius 3 is 2.64 bits per heavy atom. The van der Waals surface area contributed by atoms with Gasteiger partial charge in [-0.25, -0.2) is 9.78 Å². The highest BCUT2D eigenvalue weighted by atomic mass is 16.6. The van der Waals surface area contributed by atoms with E-state index in [4.69, 9.17) is 10.5 Å². The Balaban J connectivity index is 2.51. The molecule has 28 heavy (non-hydrogen) atoms. The zero-order valence-corrected chi connectivity index (χ0v) is 16.1. The quantitative estimate of drug-likeness (QED) is 0.379. The van der Waals surface area contributed by atoms with Crippen molar-refractivity contribution in [2.24, 2.45) is 0 Å². The Morgan fingerprint density at radius 1 is 1.32 bits per heavy atom. The second-order valence-electron chi connectivity index (χ2n) is 6.07. The molecule has 1 aromatic carbocycles. The van der Waals surface area contributed by atoms with E-state index in [1.54, 1.807) is 6.92 Å². The van der Waals surface area contributed by atoms with E-state index < -0.39 is 16.7 Å². The van der Waals surface area contributed by atoms with Crippen LogP contribution in [0.4, 0.5) is 27.8 Å². The van der Waals surface area contributed by atoms with Gasteiger partial charge in [-0.15, -0.1) is 0 Å². The van der Waals surface area contributed by atoms with E-state index in [0.29, 0.717) is 12.4 Å². The second kappa shape index (κ2) is 10.1. The summed E-state index contributed by atoms with van der Waals surface area (Å²) in [6, 6.07) is 10.6. The maximum atomic E-state index is 12.6. The van der Waals surface area contributed by atoms with Gasteiger partial charge >= 0.3 is 11.8 Å². The van der Waals surface area contributed by atoms with Crippen LogP contribution in [0.2, 0.25) is 0 Å². The lowest BCUT2D eigenvalue weighted by molar-refractivity contribution is -0.383. The van der Waals surface area contributed by atoms with Crippen molar-refractivity contribution in [3.8, 4) is 0 Å². The van der Waals surface area contributed by atoms with Crippen molar-refractivity contribution in [2.45, 2.75) is 33.2 Å². The topological polar surface area (TPSA) is 124 Å². The third kappa shape index (κ3) is 5.32. The first-order chi connectivity index (χ1) is 13.5. The molecule has 0 bridgehead atoms. The summed E-state index contributed by atoms with van der Waals surface area (Å²) in [5.74, 6) is 0.109. The molecule has 0 atom stereocenters. The summed E-state index contributed by atoms with van der Waals surface area (Å²) in [5.41, 5.74) is 6.27. The number of aromatic nitrogens is 1. The summed E-state index contributed by atoms with van der Waals surface area (Å²) >= 11 is 0. The van der Waals surface area contributed by atoms with E-state index in [1.807, 2.05) is 37.3 Å². The molecule has 0 saturated carbocycles. The van der Waals surface area contributed by atoms with Gasteiger partial charge in [-0.2, -0.15) is 0 Å². The fourth-order valence-electron chi connectivity index (χ4n) is 2.64. The molecule has 1 amide bonds. The molecule has 2 aromatic rings. The first-order valence-electron chi connectivity index (χ1n) is 9.14. The molecule has 1 heterocycles. The number of hydrogen-bond donors (Lipinski definition) is 2. The minimum absolute atomic E-state index is 0.0406. The lowest BCUT2D eigenvalue weighted by Gasteiger charge is -2.23. The average molecular weight is 387 g/mol. The first-order valence-corrected chi connectivity index (χ1v) is 9.14. The zero-order valence-electron chi connectivity index (χ0n) is 16.1. The molecule has 0 unspecified atom stereocenters. The third-order valence-electron chi connectivity index (χ3n) is 3.98. The molecule has 0 aliphatic rings. The monoisotopic (exact) mass is 387 g/mol. The maximum absolute atomic E-state index is 12.6. The van der Waals surface area contributed by atoms with Crippen molar-refractivity contribution >= 4 is 29.1 Å². The summed E-state index contributed by atoms with van der Waals surface area (Å²) in [4.78, 5) is 28.9. The van der Waals surface area contributed by atoms with Crippen molar-refractivity contribution in [1.29, 1.82) is 0 Å². The van der Waals surface area contributed by atoms with Crippen LogP contribution in [0.5, 0.6) is 0 Å². The Morgan fingerprint density at radius 2 is 2.04 bits per heavy atom. The van der Waals surface area contributed by atoms with Crippen LogP contribution in [0.1, 0.15) is 32.3 Å². The van der Waals surface area contributed by atoms with E-state index in [0.717, 1.165) is 18.4 Å². The first kappa shape index (κ1) is 20.9. The van der Waals surface area contributed by atoms with Gasteiger partial charge in [-0.1, -0.05) is 43.7 Å². The minimum Gasteiger partial charge on any atom is -0.449 e. The van der Waals surface area contributed by atoms with E-state index in [1.165, 1.54) is 11.0 Å². The highest BCUT2D eigenvalue weighted by Crippen LogP contribution is 2.36. The van der Waals surface area contributed by atoms with Crippen LogP contribution in [0.15, 0.2) is 36.4 Å². The van der Waals surface area contributed by atoms with Crippen molar-refractivity contribution in [3.05, 3.63) is 52.1 Å². The molecule has 9 nitrogen and oxygen atoms in total. The molecule has 0 aliphatic carbocycles. The number of anilines is 3. The lowest BCUT2D eigenvalue weighted by atomic mass is 10.2. The average Bonchev–Trinajstić information content (AvgIpc) is 2.66. The molecule has 9 heteroatoms. The molecular weight excluding hydrogens is 362 g/mol. The van der Waals surface area contributed by atoms with E-state index in [9.17, 15) is 14.9 Å². The molecule has 150 valence electrons. The van der Waals surface area contributed by atoms with Gasteiger partial charge < -0.3 is 15.8 Å². The van der Waals surface area contributed by atoms with Gasteiger partial charge in [0.2, 0.25) is 5.82 Å². The van der Waals surface area contributed by atoms with Gasteiger partial charge in [-0.05, 0) is 18.9 Å². The number of carbonyl (C=O) groups is 1. The van der Waals surface area contributed by atoms with Crippen molar-refractivity contribution in [3.63, 3.8) is 0 Å². The Hall–Kier alpha value is -3.36. The zero-order chi connectivity index (χ0) is 20.5. The van der Waals surface area contributed by atoms with Crippen LogP contribution in [0, 0.1) is 10.1 Å². The van der Waals surface area contributed by atoms with Gasteiger partial charge in [0, 0.05) is 12.6 Å². The van der Waals surface area contributed by atoms with Gasteiger partial charge in [0.1, 0.15) is 11.5 Å². The van der Waals surface area contributed by atoms with Crippen LogP contribution in [0.3, 0.4) is 0 Å². The summed E-state index contributed by atoms with van der Waals surface area (Å²) in [6.45, 7) is 4.59. The smallest absolute Gasteiger partial charge is 0.414 e. The van der Waals surface area contributed by atoms with E-state index in [-0.39, 0.29) is 24.7 Å². The van der Waals surface area contributed by atoms with Crippen molar-refractivity contribution in [1.82, 2.24) is 4.98 Å². The number of benzene rings is 1. The molecule has 0 saturated heterocycles. The fourth-order valence-corrected chi connectivity index (χ4v) is 2.64. The second-order valence-corrected chi connectivity index (χ2v) is 6.07. The van der Waals surface area contributed by atoms with Gasteiger partial charge in [0.15, 0.2) is 0 Å². The normalized spacial score (nSPS) is 10.4. The van der Waals surface area contributed by atoms with Crippen molar-refractivity contribution < 1.29 is 14.5 Å². The highest BCUT2D eigenvalue weighted by molar-refractivity contribution is 5.93. The van der Waals surface area contributed by atoms with Crippen LogP contribution >= 0.6 is 0 Å². The molecular formula is C19H25N5O4. The number of unbranched alkanes of at least 4 members (excludes halogenated alkanes) is 1. The number of ether oxygens (including phenoxy) is 1. The summed E-state index contributed by atoms with van der Waals surface area (Å²) in [6.07, 6.45) is 1.18. The SMILES string of the molecule is CCCCNc1cc(N(Cc2ccccc2)C(=O)OCC)c([N+](=O)[O-])c(N)n1. The number of nitrogens with zero attached hydrogens (tertiary/aromatic N) is 3. The Labute approximate surface area is 163 Å². The number of amides is 1. The number of pyridine rings is 1.